The second kappa shape index (κ2) is 10.5. The fraction of sp³-hybridized carbons (Fsp3) is 0.0909. The molecule has 0 spiro atoms. The van der Waals surface area contributed by atoms with E-state index < -0.39 is 26.0 Å². The Morgan fingerprint density at radius 1 is 0.690 bits per heavy atom. The number of carbonyl (C=O) groups excluding carboxylic acids is 2. The zero-order valence-corrected chi connectivity index (χ0v) is 16.4. The van der Waals surface area contributed by atoms with Crippen molar-refractivity contribution in [1.29, 1.82) is 0 Å². The molecule has 0 bridgehead atoms. The van der Waals surface area contributed by atoms with E-state index in [0.717, 1.165) is 0 Å². The topological polar surface area (TPSA) is 43.4 Å². The lowest BCUT2D eigenvalue weighted by Crippen LogP contribution is -2.26. The number of carbonyl (C=O) groups is 2. The highest BCUT2D eigenvalue weighted by Crippen LogP contribution is 2.32. The molecule has 0 saturated heterocycles. The van der Waals surface area contributed by atoms with Crippen molar-refractivity contribution in [1.82, 2.24) is 0 Å². The van der Waals surface area contributed by atoms with Crippen LogP contribution in [-0.2, 0) is 14.3 Å². The van der Waals surface area contributed by atoms with Crippen LogP contribution in [0.5, 0.6) is 0 Å². The second-order valence-corrected chi connectivity index (χ2v) is 7.94. The molecule has 3 rings (SSSR count). The van der Waals surface area contributed by atoms with Gasteiger partial charge >= 0.3 is 18.1 Å². The van der Waals surface area contributed by atoms with Gasteiger partial charge in [-0.1, -0.05) is 91.0 Å². The molecule has 0 amide bonds. The molecule has 0 aromatic heterocycles. The van der Waals surface area contributed by atoms with Crippen LogP contribution >= 0.6 is 7.92 Å². The first-order chi connectivity index (χ1) is 13.8. The normalized spacial score (nSPS) is 10.7. The Morgan fingerprint density at radius 2 is 1.00 bits per heavy atom. The fourth-order valence-corrected chi connectivity index (χ4v) is 4.67. The molecule has 0 aliphatic carbocycles. The summed E-state index contributed by atoms with van der Waals surface area (Å²) in [6, 6.07) is 32.3. The molecule has 3 aromatic rings. The van der Waals surface area contributed by atoms with Crippen LogP contribution in [0.2, 0.25) is 0 Å². The maximum atomic E-state index is 11.2. The molecule has 0 unspecified atom stereocenters. The Bertz CT molecular complexity index is 820. The molecule has 0 radical (unpaired) electrons. The molecule has 3 nitrogen and oxygen atoms in total. The van der Waals surface area contributed by atoms with Crippen LogP contribution in [0.1, 0.15) is 6.92 Å². The molecule has 0 heterocycles. The van der Waals surface area contributed by atoms with Crippen LogP contribution in [0, 0.1) is 0 Å². The molecular formula is C22H18F3O3P. The second-order valence-electron chi connectivity index (χ2n) is 5.72. The lowest BCUT2D eigenvalue weighted by atomic mass is 10.4. The van der Waals surface area contributed by atoms with E-state index in [9.17, 15) is 22.8 Å². The third kappa shape index (κ3) is 7.16. The standard InChI is InChI=1S/C18H15P.C4H3F3O3/c1-4-10-16(11-5-1)19(17-12-6-2-7-13-17)18-14-8-3-9-15-18;1-2(8)10-3(9)4(5,6)7/h1-15H;1H3. The van der Waals surface area contributed by atoms with Gasteiger partial charge in [-0.3, -0.25) is 4.79 Å². The number of rotatable bonds is 3. The Balaban J connectivity index is 0.000000257. The van der Waals surface area contributed by atoms with Crippen LogP contribution in [0.25, 0.3) is 0 Å². The van der Waals surface area contributed by atoms with E-state index in [2.05, 4.69) is 95.7 Å². The van der Waals surface area contributed by atoms with Gasteiger partial charge in [0.2, 0.25) is 0 Å². The first kappa shape index (κ1) is 22.3. The number of benzene rings is 3. The van der Waals surface area contributed by atoms with Crippen LogP contribution in [0.4, 0.5) is 13.2 Å². The van der Waals surface area contributed by atoms with Crippen molar-refractivity contribution >= 4 is 35.8 Å². The molecule has 29 heavy (non-hydrogen) atoms. The van der Waals surface area contributed by atoms with Crippen LogP contribution in [0.15, 0.2) is 91.0 Å². The van der Waals surface area contributed by atoms with E-state index >= 15 is 0 Å². The molecule has 150 valence electrons. The Morgan fingerprint density at radius 3 is 1.21 bits per heavy atom. The molecule has 0 aliphatic heterocycles. The number of alkyl halides is 3. The van der Waals surface area contributed by atoms with Crippen LogP contribution in [-0.4, -0.2) is 18.1 Å². The molecule has 0 N–H and O–H groups in total. The first-order valence-electron chi connectivity index (χ1n) is 8.54. The highest BCUT2D eigenvalue weighted by atomic mass is 31.1. The van der Waals surface area contributed by atoms with Gasteiger partial charge in [-0.25, -0.2) is 4.79 Å². The summed E-state index contributed by atoms with van der Waals surface area (Å²) in [6.07, 6.45) is -5.09. The number of hydrogen-bond acceptors (Lipinski definition) is 3. The highest BCUT2D eigenvalue weighted by Gasteiger charge is 2.41. The van der Waals surface area contributed by atoms with Gasteiger partial charge in [0, 0.05) is 6.92 Å². The van der Waals surface area contributed by atoms with Gasteiger partial charge in [0.25, 0.3) is 0 Å². The summed E-state index contributed by atoms with van der Waals surface area (Å²) in [5, 5.41) is 4.19. The minimum atomic E-state index is -5.09. The molecule has 3 aromatic carbocycles. The summed E-state index contributed by atoms with van der Waals surface area (Å²) in [7, 11) is -0.446. The maximum absolute atomic E-state index is 11.2. The summed E-state index contributed by atoms with van der Waals surface area (Å²) < 4.78 is 36.8. The van der Waals surface area contributed by atoms with E-state index in [1.54, 1.807) is 0 Å². The van der Waals surface area contributed by atoms with Crippen LogP contribution < -0.4 is 15.9 Å². The number of hydrogen-bond donors (Lipinski definition) is 0. The number of halogens is 3. The molecular weight excluding hydrogens is 400 g/mol. The van der Waals surface area contributed by atoms with Crippen molar-refractivity contribution in [3.05, 3.63) is 91.0 Å². The van der Waals surface area contributed by atoms with E-state index in [1.165, 1.54) is 15.9 Å². The summed E-state index contributed by atoms with van der Waals surface area (Å²) in [4.78, 5) is 19.5. The number of ether oxygens (including phenoxy) is 1. The highest BCUT2D eigenvalue weighted by molar-refractivity contribution is 7.79. The zero-order chi connectivity index (χ0) is 21.3. The lowest BCUT2D eigenvalue weighted by molar-refractivity contribution is -0.201. The Hall–Kier alpha value is -2.98. The molecule has 0 fully saturated rings. The fourth-order valence-electron chi connectivity index (χ4n) is 2.37. The third-order valence-electron chi connectivity index (χ3n) is 3.51. The zero-order valence-electron chi connectivity index (χ0n) is 15.5. The SMILES string of the molecule is CC(=O)OC(=O)C(F)(F)F.c1ccc(P(c2ccccc2)c2ccccc2)cc1. The van der Waals surface area contributed by atoms with E-state index in [0.29, 0.717) is 6.92 Å². The van der Waals surface area contributed by atoms with Crippen molar-refractivity contribution in [2.45, 2.75) is 13.1 Å². The maximum Gasteiger partial charge on any atom is 0.491 e. The molecule has 0 atom stereocenters. The van der Waals surface area contributed by atoms with Crippen molar-refractivity contribution in [3.8, 4) is 0 Å². The van der Waals surface area contributed by atoms with Gasteiger partial charge in [-0.05, 0) is 23.8 Å². The summed E-state index contributed by atoms with van der Waals surface area (Å²) >= 11 is 0. The lowest BCUT2D eigenvalue weighted by Gasteiger charge is -2.18. The van der Waals surface area contributed by atoms with Crippen molar-refractivity contribution in [3.63, 3.8) is 0 Å². The smallest absolute Gasteiger partial charge is 0.387 e. The molecule has 0 saturated carbocycles. The average molecular weight is 418 g/mol. The van der Waals surface area contributed by atoms with Gasteiger partial charge in [-0.2, -0.15) is 13.2 Å². The van der Waals surface area contributed by atoms with Gasteiger partial charge < -0.3 is 4.74 Å². The monoisotopic (exact) mass is 418 g/mol. The summed E-state index contributed by atoms with van der Waals surface area (Å²) in [5.74, 6) is -3.76. The summed E-state index contributed by atoms with van der Waals surface area (Å²) in [6.45, 7) is 0.712. The van der Waals surface area contributed by atoms with E-state index in [-0.39, 0.29) is 0 Å². The van der Waals surface area contributed by atoms with Crippen molar-refractivity contribution in [2.75, 3.05) is 0 Å². The Kier molecular flexibility index (Phi) is 8.10. The van der Waals surface area contributed by atoms with Gasteiger partial charge in [0.1, 0.15) is 0 Å². The number of esters is 2. The molecule has 0 aliphatic rings. The van der Waals surface area contributed by atoms with E-state index in [4.69, 9.17) is 0 Å². The quantitative estimate of drug-likeness (QED) is 0.366. The minimum absolute atomic E-state index is 0.446. The van der Waals surface area contributed by atoms with E-state index in [1.807, 2.05) is 0 Å². The van der Waals surface area contributed by atoms with Crippen molar-refractivity contribution in [2.24, 2.45) is 0 Å². The first-order valence-corrected chi connectivity index (χ1v) is 9.88. The third-order valence-corrected chi connectivity index (χ3v) is 5.95. The van der Waals surface area contributed by atoms with Crippen LogP contribution in [0.3, 0.4) is 0 Å². The average Bonchev–Trinajstić information content (AvgIpc) is 2.70. The van der Waals surface area contributed by atoms with Crippen molar-refractivity contribution < 1.29 is 27.5 Å². The predicted octanol–water partition coefficient (Wildman–Crippen LogP) is 4.08. The minimum Gasteiger partial charge on any atom is -0.387 e. The van der Waals surface area contributed by atoms with Gasteiger partial charge in [0.05, 0.1) is 0 Å². The van der Waals surface area contributed by atoms with Gasteiger partial charge in [-0.15, -0.1) is 0 Å². The predicted molar refractivity (Wildman–Crippen MR) is 108 cm³/mol. The van der Waals surface area contributed by atoms with Gasteiger partial charge in [0.15, 0.2) is 0 Å². The Labute approximate surface area is 167 Å². The molecule has 7 heteroatoms. The largest absolute Gasteiger partial charge is 0.491 e. The summed E-state index contributed by atoms with van der Waals surface area (Å²) in [5.41, 5.74) is 0.